The third-order valence-corrected chi connectivity index (χ3v) is 7.21. The predicted octanol–water partition coefficient (Wildman–Crippen LogP) is 4.31. The number of carbonyl (C=O) groups excluding carboxylic acids is 1. The third-order valence-electron chi connectivity index (χ3n) is 5.32. The zero-order valence-corrected chi connectivity index (χ0v) is 18.7. The molecule has 0 bridgehead atoms. The molecule has 30 heavy (non-hydrogen) atoms. The molecule has 2 aromatic rings. The number of sulfonamides is 1. The molecule has 0 spiro atoms. The minimum absolute atomic E-state index is 0.148. The highest BCUT2D eigenvalue weighted by molar-refractivity contribution is 7.89. The lowest BCUT2D eigenvalue weighted by molar-refractivity contribution is -0.118. The highest BCUT2D eigenvalue weighted by Gasteiger charge is 2.26. The SMILES string of the molecule is Cc1cc(S(=O)(=O)N2CCCCC2)ccc1OCC(=O)Nc1ccc(C(C)C)cc1. The van der Waals surface area contributed by atoms with Gasteiger partial charge in [0.15, 0.2) is 6.61 Å². The van der Waals surface area contributed by atoms with Gasteiger partial charge in [0.2, 0.25) is 10.0 Å². The van der Waals surface area contributed by atoms with E-state index >= 15 is 0 Å². The molecular weight excluding hydrogens is 400 g/mol. The number of rotatable bonds is 7. The largest absolute Gasteiger partial charge is 0.483 e. The van der Waals surface area contributed by atoms with Gasteiger partial charge in [0, 0.05) is 18.8 Å². The van der Waals surface area contributed by atoms with E-state index in [-0.39, 0.29) is 17.4 Å². The molecule has 0 saturated carbocycles. The number of aryl methyl sites for hydroxylation is 1. The number of ether oxygens (including phenoxy) is 1. The summed E-state index contributed by atoms with van der Waals surface area (Å²) >= 11 is 0. The minimum Gasteiger partial charge on any atom is -0.483 e. The molecular formula is C23H30N2O4S. The number of carbonyl (C=O) groups is 1. The lowest BCUT2D eigenvalue weighted by Gasteiger charge is -2.26. The second-order valence-electron chi connectivity index (χ2n) is 8.01. The van der Waals surface area contributed by atoms with Crippen LogP contribution in [-0.2, 0) is 14.8 Å². The molecule has 1 fully saturated rings. The summed E-state index contributed by atoms with van der Waals surface area (Å²) in [4.78, 5) is 12.5. The number of piperidine rings is 1. The number of nitrogens with one attached hydrogen (secondary N) is 1. The van der Waals surface area contributed by atoms with Crippen LogP contribution >= 0.6 is 0 Å². The van der Waals surface area contributed by atoms with Crippen molar-refractivity contribution in [1.29, 1.82) is 0 Å². The highest BCUT2D eigenvalue weighted by atomic mass is 32.2. The molecule has 162 valence electrons. The van der Waals surface area contributed by atoms with Crippen molar-refractivity contribution in [3.8, 4) is 5.75 Å². The molecule has 6 nitrogen and oxygen atoms in total. The molecule has 0 unspecified atom stereocenters. The number of anilines is 1. The van der Waals surface area contributed by atoms with Crippen LogP contribution in [0, 0.1) is 6.92 Å². The van der Waals surface area contributed by atoms with E-state index in [9.17, 15) is 13.2 Å². The van der Waals surface area contributed by atoms with E-state index in [0.29, 0.717) is 36.0 Å². The quantitative estimate of drug-likeness (QED) is 0.710. The molecule has 1 N–H and O–H groups in total. The monoisotopic (exact) mass is 430 g/mol. The summed E-state index contributed by atoms with van der Waals surface area (Å²) in [6.07, 6.45) is 2.87. The van der Waals surface area contributed by atoms with Gasteiger partial charge in [0.25, 0.3) is 5.91 Å². The van der Waals surface area contributed by atoms with Crippen molar-refractivity contribution < 1.29 is 17.9 Å². The summed E-state index contributed by atoms with van der Waals surface area (Å²) in [5, 5.41) is 2.81. The Hall–Kier alpha value is -2.38. The van der Waals surface area contributed by atoms with E-state index in [4.69, 9.17) is 4.74 Å². The van der Waals surface area contributed by atoms with Crippen molar-refractivity contribution >= 4 is 21.6 Å². The van der Waals surface area contributed by atoms with Crippen LogP contribution in [0.3, 0.4) is 0 Å². The van der Waals surface area contributed by atoms with Gasteiger partial charge < -0.3 is 10.1 Å². The topological polar surface area (TPSA) is 75.7 Å². The van der Waals surface area contributed by atoms with Gasteiger partial charge in [-0.25, -0.2) is 8.42 Å². The van der Waals surface area contributed by atoms with E-state index in [1.165, 1.54) is 5.56 Å². The summed E-state index contributed by atoms with van der Waals surface area (Å²) in [5.41, 5.74) is 2.61. The predicted molar refractivity (Wildman–Crippen MR) is 118 cm³/mol. The van der Waals surface area contributed by atoms with Crippen molar-refractivity contribution in [2.24, 2.45) is 0 Å². The summed E-state index contributed by atoms with van der Waals surface area (Å²) in [5.74, 6) is 0.664. The first-order chi connectivity index (χ1) is 14.3. The fraction of sp³-hybridized carbons (Fsp3) is 0.435. The van der Waals surface area contributed by atoms with Gasteiger partial charge in [0.05, 0.1) is 4.90 Å². The first-order valence-electron chi connectivity index (χ1n) is 10.4. The van der Waals surface area contributed by atoms with Crippen molar-refractivity contribution in [1.82, 2.24) is 4.31 Å². The summed E-state index contributed by atoms with van der Waals surface area (Å²) in [6, 6.07) is 12.5. The summed E-state index contributed by atoms with van der Waals surface area (Å²) in [6.45, 7) is 7.01. The molecule has 0 aliphatic carbocycles. The summed E-state index contributed by atoms with van der Waals surface area (Å²) < 4.78 is 32.8. The van der Waals surface area contributed by atoms with E-state index in [2.05, 4.69) is 19.2 Å². The molecule has 1 aliphatic heterocycles. The smallest absolute Gasteiger partial charge is 0.262 e. The van der Waals surface area contributed by atoms with E-state index in [1.807, 2.05) is 24.3 Å². The Kier molecular flexibility index (Phi) is 7.15. The first kappa shape index (κ1) is 22.3. The number of benzene rings is 2. The Morgan fingerprint density at radius 1 is 1.07 bits per heavy atom. The second kappa shape index (κ2) is 9.62. The Morgan fingerprint density at radius 2 is 1.73 bits per heavy atom. The average molecular weight is 431 g/mol. The standard InChI is InChI=1S/C23H30N2O4S/c1-17(2)19-7-9-20(10-8-19)24-23(26)16-29-22-12-11-21(15-18(22)3)30(27,28)25-13-5-4-6-14-25/h7-12,15,17H,4-6,13-14,16H2,1-3H3,(H,24,26). The van der Waals surface area contributed by atoms with E-state index in [1.54, 1.807) is 29.4 Å². The van der Waals surface area contributed by atoms with Crippen LogP contribution in [-0.4, -0.2) is 38.3 Å². The van der Waals surface area contributed by atoms with Crippen molar-refractivity contribution in [2.75, 3.05) is 25.0 Å². The lowest BCUT2D eigenvalue weighted by atomic mass is 10.0. The molecule has 1 saturated heterocycles. The molecule has 0 aromatic heterocycles. The van der Waals surface area contributed by atoms with Gasteiger partial charge in [-0.3, -0.25) is 4.79 Å². The molecule has 1 aliphatic rings. The van der Waals surface area contributed by atoms with Crippen LogP contribution in [0.5, 0.6) is 5.75 Å². The molecule has 1 heterocycles. The minimum atomic E-state index is -3.48. The lowest BCUT2D eigenvalue weighted by Crippen LogP contribution is -2.35. The Morgan fingerprint density at radius 3 is 2.33 bits per heavy atom. The van der Waals surface area contributed by atoms with Crippen LogP contribution in [0.25, 0.3) is 0 Å². The Bertz CT molecular complexity index is 979. The fourth-order valence-corrected chi connectivity index (χ4v) is 5.09. The first-order valence-corrected chi connectivity index (χ1v) is 11.8. The van der Waals surface area contributed by atoms with Gasteiger partial charge in [-0.2, -0.15) is 4.31 Å². The van der Waals surface area contributed by atoms with Crippen LogP contribution < -0.4 is 10.1 Å². The maximum absolute atomic E-state index is 12.8. The van der Waals surface area contributed by atoms with Crippen LogP contribution in [0.4, 0.5) is 5.69 Å². The van der Waals surface area contributed by atoms with Gasteiger partial charge in [-0.15, -0.1) is 0 Å². The van der Waals surface area contributed by atoms with Gasteiger partial charge >= 0.3 is 0 Å². The van der Waals surface area contributed by atoms with Crippen LogP contribution in [0.15, 0.2) is 47.4 Å². The van der Waals surface area contributed by atoms with Crippen LogP contribution in [0.2, 0.25) is 0 Å². The van der Waals surface area contributed by atoms with E-state index in [0.717, 1.165) is 19.3 Å². The molecule has 3 rings (SSSR count). The van der Waals surface area contributed by atoms with Gasteiger partial charge in [-0.1, -0.05) is 32.4 Å². The number of amides is 1. The number of nitrogens with zero attached hydrogens (tertiary/aromatic N) is 1. The van der Waals surface area contributed by atoms with Gasteiger partial charge in [0.1, 0.15) is 5.75 Å². The molecule has 7 heteroatoms. The molecule has 1 amide bonds. The third kappa shape index (κ3) is 5.40. The zero-order valence-electron chi connectivity index (χ0n) is 17.8. The Balaban J connectivity index is 1.59. The second-order valence-corrected chi connectivity index (χ2v) is 9.94. The normalized spacial score (nSPS) is 15.2. The fourth-order valence-electron chi connectivity index (χ4n) is 3.49. The van der Waals surface area contributed by atoms with Crippen LogP contribution in [0.1, 0.15) is 50.2 Å². The Labute approximate surface area is 179 Å². The summed E-state index contributed by atoms with van der Waals surface area (Å²) in [7, 11) is -3.48. The van der Waals surface area contributed by atoms with Gasteiger partial charge in [-0.05, 0) is 67.1 Å². The van der Waals surface area contributed by atoms with Crippen molar-refractivity contribution in [2.45, 2.75) is 50.8 Å². The van der Waals surface area contributed by atoms with Crippen molar-refractivity contribution in [3.63, 3.8) is 0 Å². The highest BCUT2D eigenvalue weighted by Crippen LogP contribution is 2.26. The van der Waals surface area contributed by atoms with E-state index < -0.39 is 10.0 Å². The van der Waals surface area contributed by atoms with Crippen molar-refractivity contribution in [3.05, 3.63) is 53.6 Å². The molecule has 2 aromatic carbocycles. The average Bonchev–Trinajstić information content (AvgIpc) is 2.73. The molecule has 0 radical (unpaired) electrons. The maximum atomic E-state index is 12.8. The maximum Gasteiger partial charge on any atom is 0.262 e. The molecule has 0 atom stereocenters. The number of hydrogen-bond donors (Lipinski definition) is 1. The zero-order chi connectivity index (χ0) is 21.7. The number of hydrogen-bond acceptors (Lipinski definition) is 4.